The Bertz CT molecular complexity index is 1110. The largest absolute Gasteiger partial charge is 0.365 e. The van der Waals surface area contributed by atoms with Crippen molar-refractivity contribution in [3.05, 3.63) is 64.3 Å². The van der Waals surface area contributed by atoms with Gasteiger partial charge in [-0.2, -0.15) is 4.98 Å². The van der Waals surface area contributed by atoms with E-state index in [2.05, 4.69) is 34.3 Å². The van der Waals surface area contributed by atoms with E-state index in [-0.39, 0.29) is 23.7 Å². The van der Waals surface area contributed by atoms with Crippen LogP contribution in [0.2, 0.25) is 0 Å². The number of carbonyl (C=O) groups is 1. The Balaban J connectivity index is 1.46. The Labute approximate surface area is 184 Å². The number of benzene rings is 1. The summed E-state index contributed by atoms with van der Waals surface area (Å²) >= 11 is 0. The Hall–Kier alpha value is -3.82. The molecule has 0 bridgehead atoms. The summed E-state index contributed by atoms with van der Waals surface area (Å²) in [6.07, 6.45) is 4.34. The van der Waals surface area contributed by atoms with Crippen LogP contribution in [0.3, 0.4) is 0 Å². The van der Waals surface area contributed by atoms with Crippen molar-refractivity contribution in [2.24, 2.45) is 11.8 Å². The smallest absolute Gasteiger partial charge is 0.293 e. The number of nitrogens with one attached hydrogen (secondary N) is 1. The molecule has 4 rings (SSSR count). The van der Waals surface area contributed by atoms with Gasteiger partial charge in [-0.1, -0.05) is 19.0 Å². The van der Waals surface area contributed by atoms with Gasteiger partial charge in [-0.15, -0.1) is 0 Å². The predicted molar refractivity (Wildman–Crippen MR) is 117 cm³/mol. The molecule has 0 radical (unpaired) electrons. The summed E-state index contributed by atoms with van der Waals surface area (Å²) in [5.41, 5.74) is 1.42. The van der Waals surface area contributed by atoms with Crippen molar-refractivity contribution in [2.75, 3.05) is 18.0 Å². The van der Waals surface area contributed by atoms with E-state index >= 15 is 0 Å². The van der Waals surface area contributed by atoms with Crippen LogP contribution in [-0.2, 0) is 6.54 Å². The summed E-state index contributed by atoms with van der Waals surface area (Å²) in [6.45, 7) is 5.82. The number of aromatic nitrogens is 3. The molecule has 1 fully saturated rings. The first-order chi connectivity index (χ1) is 15.4. The highest BCUT2D eigenvalue weighted by molar-refractivity contribution is 5.95. The second-order valence-corrected chi connectivity index (χ2v) is 8.24. The van der Waals surface area contributed by atoms with E-state index in [1.807, 2.05) is 4.90 Å². The zero-order chi connectivity index (χ0) is 22.7. The topological polar surface area (TPSA) is 127 Å². The summed E-state index contributed by atoms with van der Waals surface area (Å²) in [5, 5.41) is 18.3. The molecular formula is C22H24N6O4. The molecule has 10 nitrogen and oxygen atoms in total. The van der Waals surface area contributed by atoms with Crippen LogP contribution in [-0.4, -0.2) is 39.0 Å². The van der Waals surface area contributed by atoms with Crippen LogP contribution < -0.4 is 10.2 Å². The van der Waals surface area contributed by atoms with Crippen molar-refractivity contribution in [1.29, 1.82) is 0 Å². The lowest BCUT2D eigenvalue weighted by molar-refractivity contribution is -0.384. The molecule has 1 aliphatic heterocycles. The number of nitrogens with zero attached hydrogens (tertiary/aromatic N) is 5. The number of amides is 1. The van der Waals surface area contributed by atoms with Crippen LogP contribution >= 0.6 is 0 Å². The Morgan fingerprint density at radius 2 is 1.94 bits per heavy atom. The standard InChI is InChI=1S/C22H24N6O4/c1-14-9-15(2)13-27(12-14)18-4-3-17(10-19(18)28(30)31)22(29)24-11-20-25-21(26-32-20)16-5-7-23-8-6-16/h3-8,10,14-15H,9,11-13H2,1-2H3,(H,24,29). The van der Waals surface area contributed by atoms with Crippen LogP contribution in [0.1, 0.15) is 36.5 Å². The predicted octanol–water partition coefficient (Wildman–Crippen LogP) is 3.45. The van der Waals surface area contributed by atoms with Gasteiger partial charge in [0.2, 0.25) is 11.7 Å². The number of carbonyl (C=O) groups excluding carboxylic acids is 1. The second-order valence-electron chi connectivity index (χ2n) is 8.24. The Morgan fingerprint density at radius 1 is 1.22 bits per heavy atom. The van der Waals surface area contributed by atoms with Crippen molar-refractivity contribution >= 4 is 17.3 Å². The van der Waals surface area contributed by atoms with Gasteiger partial charge in [0, 0.05) is 42.7 Å². The van der Waals surface area contributed by atoms with E-state index in [0.29, 0.717) is 23.3 Å². The summed E-state index contributed by atoms with van der Waals surface area (Å²) in [5.74, 6) is 1.07. The van der Waals surface area contributed by atoms with Gasteiger partial charge < -0.3 is 14.7 Å². The number of anilines is 1. The number of nitro benzene ring substituents is 1. The Morgan fingerprint density at radius 3 is 2.62 bits per heavy atom. The highest BCUT2D eigenvalue weighted by Crippen LogP contribution is 2.33. The summed E-state index contributed by atoms with van der Waals surface area (Å²) in [7, 11) is 0. The van der Waals surface area contributed by atoms with Crippen molar-refractivity contribution in [3.8, 4) is 11.4 Å². The highest BCUT2D eigenvalue weighted by Gasteiger charge is 2.28. The van der Waals surface area contributed by atoms with Gasteiger partial charge in [-0.25, -0.2) is 0 Å². The number of hydrogen-bond acceptors (Lipinski definition) is 8. The van der Waals surface area contributed by atoms with Gasteiger partial charge >= 0.3 is 0 Å². The lowest BCUT2D eigenvalue weighted by Gasteiger charge is -2.36. The van der Waals surface area contributed by atoms with Crippen LogP contribution in [0, 0.1) is 22.0 Å². The lowest BCUT2D eigenvalue weighted by Crippen LogP contribution is -2.39. The SMILES string of the molecule is CC1CC(C)CN(c2ccc(C(=O)NCc3nc(-c4ccncc4)no3)cc2[N+](=O)[O-])C1. The van der Waals surface area contributed by atoms with E-state index in [4.69, 9.17) is 4.52 Å². The number of hydrogen-bond donors (Lipinski definition) is 1. The normalized spacial score (nSPS) is 18.4. The maximum atomic E-state index is 12.6. The van der Waals surface area contributed by atoms with Gasteiger partial charge in [0.15, 0.2) is 0 Å². The first-order valence-electron chi connectivity index (χ1n) is 10.4. The number of piperidine rings is 1. The molecular weight excluding hydrogens is 412 g/mol. The van der Waals surface area contributed by atoms with Gasteiger partial charge in [0.1, 0.15) is 5.69 Å². The highest BCUT2D eigenvalue weighted by atomic mass is 16.6. The third-order valence-corrected chi connectivity index (χ3v) is 5.45. The minimum absolute atomic E-state index is 0.00756. The van der Waals surface area contributed by atoms with Crippen molar-refractivity contribution in [1.82, 2.24) is 20.4 Å². The number of rotatable bonds is 6. The minimum atomic E-state index is -0.455. The molecule has 1 amide bonds. The van der Waals surface area contributed by atoms with Crippen LogP contribution in [0.5, 0.6) is 0 Å². The molecule has 1 N–H and O–H groups in total. The van der Waals surface area contributed by atoms with E-state index in [1.165, 1.54) is 6.07 Å². The molecule has 3 heterocycles. The van der Waals surface area contributed by atoms with Gasteiger partial charge in [-0.3, -0.25) is 19.9 Å². The molecule has 32 heavy (non-hydrogen) atoms. The van der Waals surface area contributed by atoms with Crippen molar-refractivity contribution in [3.63, 3.8) is 0 Å². The van der Waals surface area contributed by atoms with Crippen molar-refractivity contribution < 1.29 is 14.2 Å². The van der Waals surface area contributed by atoms with Gasteiger partial charge in [0.05, 0.1) is 11.5 Å². The van der Waals surface area contributed by atoms with Crippen molar-refractivity contribution in [2.45, 2.75) is 26.8 Å². The summed E-state index contributed by atoms with van der Waals surface area (Å²) in [6, 6.07) is 8.09. The lowest BCUT2D eigenvalue weighted by atomic mass is 9.91. The number of nitro groups is 1. The first-order valence-corrected chi connectivity index (χ1v) is 10.4. The van der Waals surface area contributed by atoms with E-state index in [9.17, 15) is 14.9 Å². The summed E-state index contributed by atoms with van der Waals surface area (Å²) < 4.78 is 5.17. The maximum absolute atomic E-state index is 12.6. The first kappa shape index (κ1) is 21.4. The summed E-state index contributed by atoms with van der Waals surface area (Å²) in [4.78, 5) is 34.1. The molecule has 1 aliphatic rings. The molecule has 3 aromatic rings. The zero-order valence-electron chi connectivity index (χ0n) is 17.9. The third kappa shape index (κ3) is 4.74. The molecule has 1 aromatic carbocycles. The maximum Gasteiger partial charge on any atom is 0.293 e. The fourth-order valence-electron chi connectivity index (χ4n) is 4.14. The quantitative estimate of drug-likeness (QED) is 0.460. The van der Waals surface area contributed by atoms with E-state index < -0.39 is 10.8 Å². The molecule has 2 aromatic heterocycles. The molecule has 0 spiro atoms. The molecule has 166 valence electrons. The second kappa shape index (κ2) is 9.13. The molecule has 0 aliphatic carbocycles. The van der Waals surface area contributed by atoms with Crippen LogP contribution in [0.4, 0.5) is 11.4 Å². The van der Waals surface area contributed by atoms with E-state index in [1.54, 1.807) is 36.7 Å². The number of pyridine rings is 1. The molecule has 0 saturated carbocycles. The minimum Gasteiger partial charge on any atom is -0.365 e. The molecule has 2 atom stereocenters. The van der Waals surface area contributed by atoms with Crippen LogP contribution in [0.25, 0.3) is 11.4 Å². The fourth-order valence-corrected chi connectivity index (χ4v) is 4.14. The average Bonchev–Trinajstić information content (AvgIpc) is 3.26. The van der Waals surface area contributed by atoms with Gasteiger partial charge in [-0.05, 0) is 42.5 Å². The third-order valence-electron chi connectivity index (χ3n) is 5.45. The molecule has 10 heteroatoms. The average molecular weight is 436 g/mol. The van der Waals surface area contributed by atoms with Gasteiger partial charge in [0.25, 0.3) is 11.6 Å². The molecule has 1 saturated heterocycles. The fraction of sp³-hybridized carbons (Fsp3) is 0.364. The van der Waals surface area contributed by atoms with Crippen LogP contribution in [0.15, 0.2) is 47.2 Å². The zero-order valence-corrected chi connectivity index (χ0v) is 17.9. The molecule has 2 unspecified atom stereocenters. The monoisotopic (exact) mass is 436 g/mol. The van der Waals surface area contributed by atoms with E-state index in [0.717, 1.165) is 25.1 Å². The Kier molecular flexibility index (Phi) is 6.11.